The van der Waals surface area contributed by atoms with Gasteiger partial charge in [-0.15, -0.1) is 0 Å². The Labute approximate surface area is 127 Å². The third kappa shape index (κ3) is 2.91. The second-order valence-electron chi connectivity index (χ2n) is 5.37. The fourth-order valence-corrected chi connectivity index (χ4v) is 3.25. The molecule has 0 saturated carbocycles. The Morgan fingerprint density at radius 1 is 1.30 bits per heavy atom. The second-order valence-corrected chi connectivity index (χ2v) is 6.22. The number of fused-ring (bicyclic) bond motifs is 1. The van der Waals surface area contributed by atoms with Gasteiger partial charge in [0.25, 0.3) is 0 Å². The summed E-state index contributed by atoms with van der Waals surface area (Å²) in [6.07, 6.45) is 6.02. The molecule has 1 aromatic carbocycles. The monoisotopic (exact) mass is 331 g/mol. The lowest BCUT2D eigenvalue weighted by molar-refractivity contribution is 0.206. The van der Waals surface area contributed by atoms with E-state index in [1.165, 1.54) is 16.3 Å². The van der Waals surface area contributed by atoms with Crippen LogP contribution in [0.5, 0.6) is 0 Å². The van der Waals surface area contributed by atoms with E-state index in [0.717, 1.165) is 36.9 Å². The van der Waals surface area contributed by atoms with Crippen LogP contribution in [-0.2, 0) is 6.54 Å². The maximum absolute atomic E-state index is 4.20. The van der Waals surface area contributed by atoms with Crippen LogP contribution in [-0.4, -0.2) is 35.7 Å². The largest absolute Gasteiger partial charge is 0.299 e. The van der Waals surface area contributed by atoms with E-state index < -0.39 is 0 Å². The summed E-state index contributed by atoms with van der Waals surface area (Å²) in [4.78, 5) is 10.9. The average molecular weight is 332 g/mol. The lowest BCUT2D eigenvalue weighted by Crippen LogP contribution is -2.34. The van der Waals surface area contributed by atoms with Crippen LogP contribution >= 0.6 is 15.9 Å². The van der Waals surface area contributed by atoms with Gasteiger partial charge in [-0.2, -0.15) is 0 Å². The molecule has 0 N–H and O–H groups in total. The predicted molar refractivity (Wildman–Crippen MR) is 87.3 cm³/mol. The third-order valence-electron chi connectivity index (χ3n) is 4.00. The number of pyridine rings is 1. The molecule has 1 aliphatic rings. The van der Waals surface area contributed by atoms with Gasteiger partial charge >= 0.3 is 0 Å². The van der Waals surface area contributed by atoms with Crippen molar-refractivity contribution in [3.8, 4) is 0 Å². The molecule has 1 saturated heterocycles. The quantitative estimate of drug-likeness (QED) is 0.803. The zero-order chi connectivity index (χ0) is 13.9. The van der Waals surface area contributed by atoms with Gasteiger partial charge in [-0.25, -0.2) is 0 Å². The molecule has 3 nitrogen and oxygen atoms in total. The molecule has 0 radical (unpaired) electrons. The van der Waals surface area contributed by atoms with Gasteiger partial charge in [0.2, 0.25) is 0 Å². The molecule has 1 aliphatic heterocycles. The summed E-state index contributed by atoms with van der Waals surface area (Å²) in [5.74, 6) is 0. The number of piperidine rings is 1. The summed E-state index contributed by atoms with van der Waals surface area (Å²) in [6.45, 7) is 6.89. The molecule has 0 unspecified atom stereocenters. The zero-order valence-corrected chi connectivity index (χ0v) is 13.0. The van der Waals surface area contributed by atoms with Crippen molar-refractivity contribution in [1.29, 1.82) is 0 Å². The molecule has 0 amide bonds. The highest BCUT2D eigenvalue weighted by Crippen LogP contribution is 2.24. The van der Waals surface area contributed by atoms with E-state index in [4.69, 9.17) is 0 Å². The number of halogens is 1. The van der Waals surface area contributed by atoms with E-state index >= 15 is 0 Å². The van der Waals surface area contributed by atoms with E-state index in [0.29, 0.717) is 6.04 Å². The number of aromatic nitrogens is 1. The van der Waals surface area contributed by atoms with Gasteiger partial charge in [0, 0.05) is 41.9 Å². The maximum Gasteiger partial charge on any atom is 0.0516 e. The number of nitrogens with zero attached hydrogens (tertiary/aromatic N) is 3. The first-order valence-corrected chi connectivity index (χ1v) is 7.76. The van der Waals surface area contributed by atoms with Gasteiger partial charge in [0.1, 0.15) is 0 Å². The number of rotatable bonds is 3. The molecule has 0 bridgehead atoms. The topological polar surface area (TPSA) is 28.5 Å². The summed E-state index contributed by atoms with van der Waals surface area (Å²) in [6, 6.07) is 7.08. The smallest absolute Gasteiger partial charge is 0.0516 e. The Morgan fingerprint density at radius 3 is 2.85 bits per heavy atom. The summed E-state index contributed by atoms with van der Waals surface area (Å²) >= 11 is 3.58. The van der Waals surface area contributed by atoms with Crippen LogP contribution < -0.4 is 0 Å². The number of likely N-dealkylation sites (tertiary alicyclic amines) is 1. The van der Waals surface area contributed by atoms with Gasteiger partial charge < -0.3 is 0 Å². The van der Waals surface area contributed by atoms with Crippen LogP contribution in [0, 0.1) is 0 Å². The van der Waals surface area contributed by atoms with E-state index in [1.807, 2.05) is 12.4 Å². The van der Waals surface area contributed by atoms with Gasteiger partial charge in [-0.1, -0.05) is 12.1 Å². The second kappa shape index (κ2) is 6.02. The van der Waals surface area contributed by atoms with Crippen LogP contribution in [0.1, 0.15) is 18.4 Å². The number of aliphatic imine (C=N–C) groups is 1. The number of benzene rings is 1. The van der Waals surface area contributed by atoms with Crippen LogP contribution in [0.4, 0.5) is 0 Å². The van der Waals surface area contributed by atoms with Crippen molar-refractivity contribution >= 4 is 33.4 Å². The summed E-state index contributed by atoms with van der Waals surface area (Å²) in [5.41, 5.74) is 1.36. The highest BCUT2D eigenvalue weighted by molar-refractivity contribution is 9.10. The molecule has 1 aromatic heterocycles. The van der Waals surface area contributed by atoms with Crippen molar-refractivity contribution in [1.82, 2.24) is 9.88 Å². The minimum Gasteiger partial charge on any atom is -0.299 e. The van der Waals surface area contributed by atoms with E-state index in [-0.39, 0.29) is 0 Å². The molecular formula is C16H18BrN3. The van der Waals surface area contributed by atoms with E-state index in [1.54, 1.807) is 0 Å². The van der Waals surface area contributed by atoms with Gasteiger partial charge in [0.15, 0.2) is 0 Å². The number of hydrogen-bond donors (Lipinski definition) is 0. The van der Waals surface area contributed by atoms with Crippen LogP contribution in [0.3, 0.4) is 0 Å². The molecule has 3 rings (SSSR count). The summed E-state index contributed by atoms with van der Waals surface area (Å²) in [5, 5.41) is 2.41. The fraction of sp³-hybridized carbons (Fsp3) is 0.375. The van der Waals surface area contributed by atoms with Crippen molar-refractivity contribution in [2.24, 2.45) is 4.99 Å². The Hall–Kier alpha value is -1.26. The Morgan fingerprint density at radius 2 is 2.10 bits per heavy atom. The summed E-state index contributed by atoms with van der Waals surface area (Å²) < 4.78 is 1.06. The van der Waals surface area contributed by atoms with Crippen molar-refractivity contribution < 1.29 is 0 Å². The number of hydrogen-bond acceptors (Lipinski definition) is 3. The van der Waals surface area contributed by atoms with Crippen molar-refractivity contribution in [3.63, 3.8) is 0 Å². The molecule has 0 aliphatic carbocycles. The first-order chi connectivity index (χ1) is 9.76. The third-order valence-corrected chi connectivity index (χ3v) is 4.63. The molecular weight excluding hydrogens is 314 g/mol. The Kier molecular flexibility index (Phi) is 4.13. The standard InChI is InChI=1S/C16H18BrN3/c1-18-14-4-6-20(7-5-14)11-12-2-3-13-9-19-10-16(17)15(13)8-12/h2-3,8-10,14H,1,4-7,11H2. The molecule has 0 atom stereocenters. The molecule has 104 valence electrons. The SMILES string of the molecule is C=NC1CCN(Cc2ccc3cncc(Br)c3c2)CC1. The normalized spacial score (nSPS) is 17.4. The van der Waals surface area contributed by atoms with Crippen LogP contribution in [0.25, 0.3) is 10.8 Å². The minimum atomic E-state index is 0.461. The van der Waals surface area contributed by atoms with Gasteiger partial charge in [-0.05, 0) is 52.5 Å². The van der Waals surface area contributed by atoms with E-state index in [9.17, 15) is 0 Å². The summed E-state index contributed by atoms with van der Waals surface area (Å²) in [7, 11) is 0. The predicted octanol–water partition coefficient (Wildman–Crippen LogP) is 3.66. The molecule has 2 aromatic rings. The Balaban J connectivity index is 1.75. The molecule has 4 heteroatoms. The highest BCUT2D eigenvalue weighted by atomic mass is 79.9. The molecule has 0 spiro atoms. The van der Waals surface area contributed by atoms with Crippen LogP contribution in [0.2, 0.25) is 0 Å². The van der Waals surface area contributed by atoms with Gasteiger partial charge in [0.05, 0.1) is 6.04 Å². The molecule has 2 heterocycles. The van der Waals surface area contributed by atoms with E-state index in [2.05, 4.69) is 55.7 Å². The van der Waals surface area contributed by atoms with Crippen molar-refractivity contribution in [3.05, 3.63) is 40.6 Å². The zero-order valence-electron chi connectivity index (χ0n) is 11.4. The Bertz CT molecular complexity index is 618. The van der Waals surface area contributed by atoms with Crippen molar-refractivity contribution in [2.75, 3.05) is 13.1 Å². The first kappa shape index (κ1) is 13.7. The molecule has 1 fully saturated rings. The van der Waals surface area contributed by atoms with Crippen molar-refractivity contribution in [2.45, 2.75) is 25.4 Å². The highest BCUT2D eigenvalue weighted by Gasteiger charge is 2.17. The lowest BCUT2D eigenvalue weighted by Gasteiger charge is -2.30. The molecule has 20 heavy (non-hydrogen) atoms. The minimum absolute atomic E-state index is 0.461. The van der Waals surface area contributed by atoms with Gasteiger partial charge in [-0.3, -0.25) is 14.9 Å². The first-order valence-electron chi connectivity index (χ1n) is 6.96. The fourth-order valence-electron chi connectivity index (χ4n) is 2.79. The maximum atomic E-state index is 4.20. The average Bonchev–Trinajstić information content (AvgIpc) is 2.49. The van der Waals surface area contributed by atoms with Crippen LogP contribution in [0.15, 0.2) is 40.1 Å². The lowest BCUT2D eigenvalue weighted by atomic mass is 10.0.